The van der Waals surface area contributed by atoms with Crippen LogP contribution in [0.25, 0.3) is 0 Å². The molecule has 2 unspecified atom stereocenters. The van der Waals surface area contributed by atoms with Gasteiger partial charge in [-0.3, -0.25) is 9.59 Å². The first-order valence-electron chi connectivity index (χ1n) is 35.6. The van der Waals surface area contributed by atoms with Crippen LogP contribution in [0.15, 0.2) is 24.3 Å². The molecule has 3 N–H and O–H groups in total. The number of rotatable bonds is 67. The molecule has 0 aromatic rings. The highest BCUT2D eigenvalue weighted by atomic mass is 16.5. The second-order valence-corrected chi connectivity index (χ2v) is 24.6. The van der Waals surface area contributed by atoms with E-state index in [-0.39, 0.29) is 18.5 Å². The summed E-state index contributed by atoms with van der Waals surface area (Å²) in [6.45, 7) is 4.98. The summed E-state index contributed by atoms with van der Waals surface area (Å²) in [6, 6.07) is -0.539. The Balaban J connectivity index is 3.36. The lowest BCUT2D eigenvalue weighted by molar-refractivity contribution is -0.143. The Hall–Kier alpha value is -1.66. The SMILES string of the molecule is CCCCCCCCCCCCCCCCCC(O)C(CO)NC(=O)CCCCCCCCCCCCCCCCCCC/C=C\C/C=C\CCCCCCCCCCCCCOC(=O)CCCCCCCCCCCCC. The molecule has 0 saturated carbocycles. The summed E-state index contributed by atoms with van der Waals surface area (Å²) in [4.78, 5) is 24.5. The molecule has 0 saturated heterocycles. The van der Waals surface area contributed by atoms with E-state index in [9.17, 15) is 19.8 Å². The lowest BCUT2D eigenvalue weighted by Gasteiger charge is -2.22. The Labute approximate surface area is 488 Å². The summed E-state index contributed by atoms with van der Waals surface area (Å²) in [5.74, 6) is -0.0126. The van der Waals surface area contributed by atoms with Gasteiger partial charge in [0.15, 0.2) is 0 Å². The molecule has 0 spiro atoms. The number of amides is 1. The number of ether oxygens (including phenoxy) is 1. The Kier molecular flexibility index (Phi) is 66.4. The van der Waals surface area contributed by atoms with Gasteiger partial charge >= 0.3 is 5.97 Å². The van der Waals surface area contributed by atoms with E-state index in [1.807, 2.05) is 0 Å². The normalized spacial score (nSPS) is 12.6. The van der Waals surface area contributed by atoms with E-state index in [0.717, 1.165) is 44.9 Å². The van der Waals surface area contributed by atoms with Crippen LogP contribution in [0.5, 0.6) is 0 Å². The van der Waals surface area contributed by atoms with Gasteiger partial charge in [0.1, 0.15) is 0 Å². The van der Waals surface area contributed by atoms with Crippen LogP contribution in [0.3, 0.4) is 0 Å². The molecule has 0 fully saturated rings. The number of carbonyl (C=O) groups is 2. The van der Waals surface area contributed by atoms with Crippen molar-refractivity contribution in [3.63, 3.8) is 0 Å². The third kappa shape index (κ3) is 63.5. The fourth-order valence-corrected chi connectivity index (χ4v) is 11.3. The van der Waals surface area contributed by atoms with Gasteiger partial charge in [0.05, 0.1) is 25.4 Å². The summed E-state index contributed by atoms with van der Waals surface area (Å²) in [5, 5.41) is 23.3. The van der Waals surface area contributed by atoms with Crippen molar-refractivity contribution in [3.05, 3.63) is 24.3 Å². The van der Waals surface area contributed by atoms with Crippen LogP contribution in [0, 0.1) is 0 Å². The van der Waals surface area contributed by atoms with Gasteiger partial charge in [-0.05, 0) is 57.8 Å². The minimum absolute atomic E-state index is 0.0170. The van der Waals surface area contributed by atoms with Gasteiger partial charge in [0.25, 0.3) is 0 Å². The van der Waals surface area contributed by atoms with Gasteiger partial charge in [-0.25, -0.2) is 0 Å². The van der Waals surface area contributed by atoms with Gasteiger partial charge < -0.3 is 20.3 Å². The fourth-order valence-electron chi connectivity index (χ4n) is 11.3. The average Bonchev–Trinajstić information content (AvgIpc) is 3.44. The number of nitrogens with one attached hydrogen (secondary N) is 1. The first-order valence-corrected chi connectivity index (χ1v) is 35.6. The zero-order valence-electron chi connectivity index (χ0n) is 52.9. The maximum Gasteiger partial charge on any atom is 0.305 e. The smallest absolute Gasteiger partial charge is 0.305 e. The number of carbonyl (C=O) groups excluding carboxylic acids is 2. The Morgan fingerprint density at radius 3 is 0.974 bits per heavy atom. The van der Waals surface area contributed by atoms with Crippen molar-refractivity contribution in [1.29, 1.82) is 0 Å². The molecule has 0 aromatic carbocycles. The average molecular weight is 1100 g/mol. The molecule has 0 rings (SSSR count). The number of aliphatic hydroxyl groups excluding tert-OH is 2. The van der Waals surface area contributed by atoms with E-state index in [4.69, 9.17) is 4.74 Å². The van der Waals surface area contributed by atoms with E-state index in [0.29, 0.717) is 25.9 Å². The maximum absolute atomic E-state index is 12.5. The Bertz CT molecular complexity index is 1220. The molecule has 0 aliphatic carbocycles. The number of esters is 1. The fraction of sp³-hybridized carbons (Fsp3) is 0.917. The van der Waals surface area contributed by atoms with Gasteiger partial charge in [0, 0.05) is 12.8 Å². The second kappa shape index (κ2) is 67.8. The molecule has 0 aliphatic heterocycles. The molecule has 6 heteroatoms. The summed E-state index contributed by atoms with van der Waals surface area (Å²) < 4.78 is 5.47. The first kappa shape index (κ1) is 76.3. The van der Waals surface area contributed by atoms with E-state index in [1.165, 1.54) is 321 Å². The highest BCUT2D eigenvalue weighted by Crippen LogP contribution is 2.19. The minimum atomic E-state index is -0.662. The molecule has 6 nitrogen and oxygen atoms in total. The van der Waals surface area contributed by atoms with E-state index < -0.39 is 12.1 Å². The molecular weight excluding hydrogens is 959 g/mol. The zero-order valence-corrected chi connectivity index (χ0v) is 52.9. The quantitative estimate of drug-likeness (QED) is 0.0320. The van der Waals surface area contributed by atoms with Crippen LogP contribution in [0.2, 0.25) is 0 Å². The van der Waals surface area contributed by atoms with Crippen LogP contribution < -0.4 is 5.32 Å². The maximum atomic E-state index is 12.5. The summed E-state index contributed by atoms with van der Waals surface area (Å²) in [6.07, 6.45) is 85.3. The van der Waals surface area contributed by atoms with Crippen molar-refractivity contribution < 1.29 is 24.5 Å². The van der Waals surface area contributed by atoms with Gasteiger partial charge in [0.2, 0.25) is 5.91 Å². The summed E-state index contributed by atoms with van der Waals surface area (Å²) in [5.41, 5.74) is 0. The van der Waals surface area contributed by atoms with Crippen molar-refractivity contribution in [2.45, 2.75) is 411 Å². The van der Waals surface area contributed by atoms with Crippen molar-refractivity contribution >= 4 is 11.9 Å². The molecule has 0 aromatic heterocycles. The molecule has 0 aliphatic rings. The molecule has 2 atom stereocenters. The van der Waals surface area contributed by atoms with Crippen molar-refractivity contribution in [1.82, 2.24) is 5.32 Å². The summed E-state index contributed by atoms with van der Waals surface area (Å²) >= 11 is 0. The summed E-state index contributed by atoms with van der Waals surface area (Å²) in [7, 11) is 0. The molecule has 78 heavy (non-hydrogen) atoms. The second-order valence-electron chi connectivity index (χ2n) is 24.6. The predicted octanol–water partition coefficient (Wildman–Crippen LogP) is 22.9. The third-order valence-corrected chi connectivity index (χ3v) is 16.8. The van der Waals surface area contributed by atoms with Crippen LogP contribution in [-0.4, -0.2) is 47.4 Å². The van der Waals surface area contributed by atoms with E-state index >= 15 is 0 Å². The highest BCUT2D eigenvalue weighted by molar-refractivity contribution is 5.76. The van der Waals surface area contributed by atoms with Crippen LogP contribution >= 0.6 is 0 Å². The molecule has 462 valence electrons. The molecular formula is C72H139NO5. The van der Waals surface area contributed by atoms with Crippen LogP contribution in [0.1, 0.15) is 399 Å². The zero-order chi connectivity index (χ0) is 56.4. The topological polar surface area (TPSA) is 95.9 Å². The monoisotopic (exact) mass is 1100 g/mol. The first-order chi connectivity index (χ1) is 38.5. The number of allylic oxidation sites excluding steroid dienone is 4. The minimum Gasteiger partial charge on any atom is -0.466 e. The van der Waals surface area contributed by atoms with Crippen LogP contribution in [0.4, 0.5) is 0 Å². The number of hydrogen-bond donors (Lipinski definition) is 3. The molecule has 0 radical (unpaired) electrons. The molecule has 0 bridgehead atoms. The Morgan fingerprint density at radius 2 is 0.641 bits per heavy atom. The van der Waals surface area contributed by atoms with Gasteiger partial charge in [-0.2, -0.15) is 0 Å². The van der Waals surface area contributed by atoms with Crippen molar-refractivity contribution in [3.8, 4) is 0 Å². The van der Waals surface area contributed by atoms with E-state index in [1.54, 1.807) is 0 Å². The highest BCUT2D eigenvalue weighted by Gasteiger charge is 2.20. The van der Waals surface area contributed by atoms with Gasteiger partial charge in [-0.15, -0.1) is 0 Å². The molecule has 0 heterocycles. The standard InChI is InChI=1S/C72H139NO5/c1-3-5-7-9-11-13-15-16-38-41-45-48-52-56-60-64-70(75)69(68-74)73-71(76)65-61-57-53-49-46-42-39-36-34-32-30-28-26-24-22-20-18-17-19-21-23-25-27-29-31-33-35-37-40-43-47-51-55-59-63-67-78-72(77)66-62-58-54-50-44-14-12-10-8-6-4-2/h19,21,25,27,69-70,74-75H,3-18,20,22-24,26,28-68H2,1-2H3,(H,73,76)/b21-19-,27-25-. The lowest BCUT2D eigenvalue weighted by Crippen LogP contribution is -2.45. The van der Waals surface area contributed by atoms with Crippen LogP contribution in [-0.2, 0) is 14.3 Å². The van der Waals surface area contributed by atoms with Crippen molar-refractivity contribution in [2.75, 3.05) is 13.2 Å². The molecule has 1 amide bonds. The van der Waals surface area contributed by atoms with E-state index in [2.05, 4.69) is 43.5 Å². The largest absolute Gasteiger partial charge is 0.466 e. The number of unbranched alkanes of at least 4 members (excludes halogenated alkanes) is 52. The lowest BCUT2D eigenvalue weighted by atomic mass is 10.0. The van der Waals surface area contributed by atoms with Gasteiger partial charge in [-0.1, -0.05) is 353 Å². The number of hydrogen-bond acceptors (Lipinski definition) is 5. The predicted molar refractivity (Wildman–Crippen MR) is 343 cm³/mol. The Morgan fingerprint density at radius 1 is 0.359 bits per heavy atom. The third-order valence-electron chi connectivity index (χ3n) is 16.8. The van der Waals surface area contributed by atoms with Crippen molar-refractivity contribution in [2.24, 2.45) is 0 Å². The number of aliphatic hydroxyl groups is 2.